The van der Waals surface area contributed by atoms with Gasteiger partial charge in [0.1, 0.15) is 0 Å². The number of hydrogen-bond acceptors (Lipinski definition) is 1. The molecule has 0 aliphatic carbocycles. The summed E-state index contributed by atoms with van der Waals surface area (Å²) in [5.74, 6) is 0. The molecule has 0 radical (unpaired) electrons. The van der Waals surface area contributed by atoms with Gasteiger partial charge in [0.2, 0.25) is 0 Å². The molecular formula is C10H19N. The minimum absolute atomic E-state index is 0.638. The number of hydrogen-bond donors (Lipinski definition) is 1. The van der Waals surface area contributed by atoms with Crippen LogP contribution in [0.3, 0.4) is 0 Å². The van der Waals surface area contributed by atoms with Crippen LogP contribution < -0.4 is 5.73 Å². The Morgan fingerprint density at radius 3 is 2.45 bits per heavy atom. The van der Waals surface area contributed by atoms with Crippen LogP contribution in [0.15, 0.2) is 24.3 Å². The van der Waals surface area contributed by atoms with Gasteiger partial charge in [0.25, 0.3) is 0 Å². The summed E-state index contributed by atoms with van der Waals surface area (Å²) in [7, 11) is 0. The fourth-order valence-electron chi connectivity index (χ4n) is 0.844. The van der Waals surface area contributed by atoms with Crippen molar-refractivity contribution in [3.63, 3.8) is 0 Å². The van der Waals surface area contributed by atoms with E-state index in [-0.39, 0.29) is 0 Å². The van der Waals surface area contributed by atoms with Crippen LogP contribution in [0, 0.1) is 0 Å². The minimum atomic E-state index is 0.638. The summed E-state index contributed by atoms with van der Waals surface area (Å²) in [5, 5.41) is 0. The van der Waals surface area contributed by atoms with Crippen LogP contribution in [0.2, 0.25) is 0 Å². The second-order valence-corrected chi connectivity index (χ2v) is 2.59. The van der Waals surface area contributed by atoms with Crippen LogP contribution in [-0.2, 0) is 0 Å². The highest BCUT2D eigenvalue weighted by Gasteiger charge is 1.79. The molecule has 0 amide bonds. The van der Waals surface area contributed by atoms with Crippen LogP contribution >= 0.6 is 0 Å². The summed E-state index contributed by atoms with van der Waals surface area (Å²) in [6.07, 6.45) is 13.4. The average molecular weight is 153 g/mol. The van der Waals surface area contributed by atoms with E-state index in [1.807, 2.05) is 12.2 Å². The van der Waals surface area contributed by atoms with Gasteiger partial charge in [-0.25, -0.2) is 0 Å². The molecule has 1 heteroatoms. The first-order valence-corrected chi connectivity index (χ1v) is 4.43. The van der Waals surface area contributed by atoms with E-state index in [1.54, 1.807) is 0 Å². The van der Waals surface area contributed by atoms with Gasteiger partial charge in [0.15, 0.2) is 0 Å². The Morgan fingerprint density at radius 2 is 1.82 bits per heavy atom. The molecule has 0 aromatic carbocycles. The molecule has 0 heterocycles. The highest BCUT2D eigenvalue weighted by atomic mass is 14.5. The maximum absolute atomic E-state index is 5.27. The molecule has 0 aromatic heterocycles. The smallest absolute Gasteiger partial charge is 0.0109 e. The zero-order chi connectivity index (χ0) is 8.36. The SMILES string of the molecule is CCCCCC=CC=CCN. The molecular weight excluding hydrogens is 134 g/mol. The summed E-state index contributed by atoms with van der Waals surface area (Å²) in [6.45, 7) is 2.86. The van der Waals surface area contributed by atoms with Gasteiger partial charge in [-0.3, -0.25) is 0 Å². The zero-order valence-corrected chi connectivity index (χ0v) is 7.42. The molecule has 0 saturated carbocycles. The van der Waals surface area contributed by atoms with Gasteiger partial charge in [0, 0.05) is 6.54 Å². The highest BCUT2D eigenvalue weighted by molar-refractivity contribution is 5.02. The van der Waals surface area contributed by atoms with Crippen molar-refractivity contribution in [2.75, 3.05) is 6.54 Å². The van der Waals surface area contributed by atoms with Gasteiger partial charge in [-0.2, -0.15) is 0 Å². The number of rotatable bonds is 6. The number of allylic oxidation sites excluding steroid dienone is 3. The van der Waals surface area contributed by atoms with Crippen LogP contribution in [-0.4, -0.2) is 6.54 Å². The van der Waals surface area contributed by atoms with Gasteiger partial charge in [-0.1, -0.05) is 44.1 Å². The van der Waals surface area contributed by atoms with Crippen molar-refractivity contribution in [1.29, 1.82) is 0 Å². The van der Waals surface area contributed by atoms with E-state index in [1.165, 1.54) is 25.7 Å². The summed E-state index contributed by atoms with van der Waals surface area (Å²) >= 11 is 0. The third-order valence-electron chi connectivity index (χ3n) is 1.49. The Bertz CT molecular complexity index is 114. The standard InChI is InChI=1S/C10H19N/c1-2-3-4-5-6-7-8-9-10-11/h6-9H,2-5,10-11H2,1H3. The van der Waals surface area contributed by atoms with Gasteiger partial charge < -0.3 is 5.73 Å². The molecule has 64 valence electrons. The number of unbranched alkanes of at least 4 members (excludes halogenated alkanes) is 3. The van der Waals surface area contributed by atoms with Crippen molar-refractivity contribution in [1.82, 2.24) is 0 Å². The van der Waals surface area contributed by atoms with Crippen molar-refractivity contribution in [3.05, 3.63) is 24.3 Å². The lowest BCUT2D eigenvalue weighted by Gasteiger charge is -1.89. The first-order valence-electron chi connectivity index (χ1n) is 4.43. The monoisotopic (exact) mass is 153 g/mol. The van der Waals surface area contributed by atoms with E-state index >= 15 is 0 Å². The van der Waals surface area contributed by atoms with E-state index in [0.717, 1.165) is 0 Å². The van der Waals surface area contributed by atoms with Gasteiger partial charge in [-0.15, -0.1) is 0 Å². The van der Waals surface area contributed by atoms with Gasteiger partial charge in [-0.05, 0) is 12.8 Å². The topological polar surface area (TPSA) is 26.0 Å². The van der Waals surface area contributed by atoms with Crippen molar-refractivity contribution >= 4 is 0 Å². The van der Waals surface area contributed by atoms with Crippen LogP contribution in [0.4, 0.5) is 0 Å². The van der Waals surface area contributed by atoms with Crippen molar-refractivity contribution in [3.8, 4) is 0 Å². The lowest BCUT2D eigenvalue weighted by molar-refractivity contribution is 0.729. The van der Waals surface area contributed by atoms with Crippen LogP contribution in [0.25, 0.3) is 0 Å². The molecule has 2 N–H and O–H groups in total. The summed E-state index contributed by atoms with van der Waals surface area (Å²) in [6, 6.07) is 0. The van der Waals surface area contributed by atoms with Crippen molar-refractivity contribution in [2.24, 2.45) is 5.73 Å². The largest absolute Gasteiger partial charge is 0.327 e. The molecule has 0 bridgehead atoms. The van der Waals surface area contributed by atoms with Crippen molar-refractivity contribution < 1.29 is 0 Å². The van der Waals surface area contributed by atoms with Crippen LogP contribution in [0.5, 0.6) is 0 Å². The molecule has 0 spiro atoms. The lowest BCUT2D eigenvalue weighted by atomic mass is 10.2. The Kier molecular flexibility index (Phi) is 8.96. The van der Waals surface area contributed by atoms with E-state index in [9.17, 15) is 0 Å². The fourth-order valence-corrected chi connectivity index (χ4v) is 0.844. The molecule has 0 atom stereocenters. The normalized spacial score (nSPS) is 11.8. The molecule has 0 unspecified atom stereocenters. The van der Waals surface area contributed by atoms with E-state index in [4.69, 9.17) is 5.73 Å². The molecule has 0 aliphatic heterocycles. The first kappa shape index (κ1) is 10.4. The third kappa shape index (κ3) is 9.44. The van der Waals surface area contributed by atoms with Gasteiger partial charge in [0.05, 0.1) is 0 Å². The summed E-state index contributed by atoms with van der Waals surface area (Å²) in [5.41, 5.74) is 5.27. The predicted octanol–water partition coefficient (Wildman–Crippen LogP) is 2.64. The number of nitrogens with two attached hydrogens (primary N) is 1. The van der Waals surface area contributed by atoms with E-state index in [0.29, 0.717) is 6.54 Å². The third-order valence-corrected chi connectivity index (χ3v) is 1.49. The molecule has 0 saturated heterocycles. The lowest BCUT2D eigenvalue weighted by Crippen LogP contribution is -1.91. The predicted molar refractivity (Wildman–Crippen MR) is 51.5 cm³/mol. The molecule has 0 fully saturated rings. The van der Waals surface area contributed by atoms with E-state index in [2.05, 4.69) is 19.1 Å². The molecule has 11 heavy (non-hydrogen) atoms. The first-order chi connectivity index (χ1) is 5.41. The Morgan fingerprint density at radius 1 is 1.09 bits per heavy atom. The van der Waals surface area contributed by atoms with Crippen molar-refractivity contribution in [2.45, 2.75) is 32.6 Å². The second kappa shape index (κ2) is 9.44. The summed E-state index contributed by atoms with van der Waals surface area (Å²) in [4.78, 5) is 0. The quantitative estimate of drug-likeness (QED) is 0.460. The average Bonchev–Trinajstić information content (AvgIpc) is 2.03. The Labute approximate surface area is 70.0 Å². The van der Waals surface area contributed by atoms with Crippen LogP contribution in [0.1, 0.15) is 32.6 Å². The minimum Gasteiger partial charge on any atom is -0.327 e. The maximum atomic E-state index is 5.27. The van der Waals surface area contributed by atoms with Gasteiger partial charge >= 0.3 is 0 Å². The molecule has 0 aliphatic rings. The molecule has 0 rings (SSSR count). The highest BCUT2D eigenvalue weighted by Crippen LogP contribution is 1.99. The van der Waals surface area contributed by atoms with E-state index < -0.39 is 0 Å². The zero-order valence-electron chi connectivity index (χ0n) is 7.42. The molecule has 1 nitrogen and oxygen atoms in total. The summed E-state index contributed by atoms with van der Waals surface area (Å²) < 4.78 is 0. The Balaban J connectivity index is 3.09. The maximum Gasteiger partial charge on any atom is 0.0109 e. The fraction of sp³-hybridized carbons (Fsp3) is 0.600. The Hall–Kier alpha value is -0.560. The second-order valence-electron chi connectivity index (χ2n) is 2.59. The molecule has 0 aromatic rings.